The molecular weight excluding hydrogens is 212 g/mol. The van der Waals surface area contributed by atoms with Gasteiger partial charge in [-0.3, -0.25) is 5.10 Å². The van der Waals surface area contributed by atoms with Crippen LogP contribution in [0.15, 0.2) is 24.3 Å². The number of fused-ring (bicyclic) bond motifs is 1. The molecule has 2 aromatic rings. The Morgan fingerprint density at radius 1 is 1.18 bits per heavy atom. The predicted molar refractivity (Wildman–Crippen MR) is 70.4 cm³/mol. The molecule has 1 aromatic heterocycles. The van der Waals surface area contributed by atoms with Crippen LogP contribution in [0.1, 0.15) is 6.92 Å². The largest absolute Gasteiger partial charge is 0.352 e. The highest BCUT2D eigenvalue weighted by atomic mass is 15.3. The van der Waals surface area contributed by atoms with Crippen LogP contribution in [-0.4, -0.2) is 47.8 Å². The Kier molecular flexibility index (Phi) is 2.73. The highest BCUT2D eigenvalue weighted by Crippen LogP contribution is 2.24. The molecule has 1 saturated heterocycles. The van der Waals surface area contributed by atoms with Gasteiger partial charge in [-0.25, -0.2) is 0 Å². The second-order valence-electron chi connectivity index (χ2n) is 4.51. The minimum Gasteiger partial charge on any atom is -0.352 e. The van der Waals surface area contributed by atoms with Crippen LogP contribution in [0.2, 0.25) is 0 Å². The van der Waals surface area contributed by atoms with E-state index in [2.05, 4.69) is 45.1 Å². The van der Waals surface area contributed by atoms with Crippen molar-refractivity contribution in [3.63, 3.8) is 0 Å². The number of benzene rings is 1. The van der Waals surface area contributed by atoms with Crippen molar-refractivity contribution in [2.24, 2.45) is 0 Å². The normalized spacial score (nSPS) is 17.8. The second-order valence-corrected chi connectivity index (χ2v) is 4.51. The monoisotopic (exact) mass is 230 g/mol. The molecule has 1 aromatic carbocycles. The summed E-state index contributed by atoms with van der Waals surface area (Å²) in [4.78, 5) is 4.86. The third-order valence-electron chi connectivity index (χ3n) is 3.57. The summed E-state index contributed by atoms with van der Waals surface area (Å²) in [6.07, 6.45) is 0. The molecule has 17 heavy (non-hydrogen) atoms. The molecule has 4 heteroatoms. The number of nitrogens with zero attached hydrogens (tertiary/aromatic N) is 3. The topological polar surface area (TPSA) is 35.2 Å². The van der Waals surface area contributed by atoms with Gasteiger partial charge in [0.15, 0.2) is 5.82 Å². The van der Waals surface area contributed by atoms with Gasteiger partial charge in [0.1, 0.15) is 0 Å². The Bertz CT molecular complexity index is 497. The molecular formula is C13H18N4. The second kappa shape index (κ2) is 4.37. The lowest BCUT2D eigenvalue weighted by Crippen LogP contribution is -2.46. The van der Waals surface area contributed by atoms with E-state index in [0.717, 1.165) is 44.1 Å². The maximum atomic E-state index is 4.45. The van der Waals surface area contributed by atoms with Crippen LogP contribution in [0, 0.1) is 0 Å². The summed E-state index contributed by atoms with van der Waals surface area (Å²) in [5, 5.41) is 8.79. The van der Waals surface area contributed by atoms with Crippen molar-refractivity contribution in [2.75, 3.05) is 37.6 Å². The van der Waals surface area contributed by atoms with Crippen LogP contribution in [-0.2, 0) is 0 Å². The highest BCUT2D eigenvalue weighted by molar-refractivity contribution is 5.90. The van der Waals surface area contributed by atoms with Crippen LogP contribution < -0.4 is 4.90 Å². The number of piperazine rings is 1. The summed E-state index contributed by atoms with van der Waals surface area (Å²) in [7, 11) is 0. The average Bonchev–Trinajstić information content (AvgIpc) is 2.83. The van der Waals surface area contributed by atoms with Gasteiger partial charge in [0.25, 0.3) is 0 Å². The summed E-state index contributed by atoms with van der Waals surface area (Å²) in [6.45, 7) is 7.79. The number of hydrogen-bond donors (Lipinski definition) is 1. The molecule has 0 amide bonds. The summed E-state index contributed by atoms with van der Waals surface area (Å²) < 4.78 is 0. The van der Waals surface area contributed by atoms with Gasteiger partial charge in [-0.05, 0) is 18.7 Å². The number of aromatic nitrogens is 2. The molecule has 1 N–H and O–H groups in total. The van der Waals surface area contributed by atoms with Crippen molar-refractivity contribution >= 4 is 16.7 Å². The van der Waals surface area contributed by atoms with Crippen LogP contribution in [0.3, 0.4) is 0 Å². The first kappa shape index (κ1) is 10.6. The first-order chi connectivity index (χ1) is 8.38. The number of H-pyrrole nitrogens is 1. The molecule has 0 unspecified atom stereocenters. The number of aromatic amines is 1. The maximum absolute atomic E-state index is 4.45. The Morgan fingerprint density at radius 3 is 2.71 bits per heavy atom. The molecule has 1 fully saturated rings. The molecule has 0 bridgehead atoms. The SMILES string of the molecule is CCN1CCN(c2n[nH]c3ccccc23)CC1. The number of anilines is 1. The molecule has 0 atom stereocenters. The van der Waals surface area contributed by atoms with Gasteiger partial charge < -0.3 is 9.80 Å². The van der Waals surface area contributed by atoms with E-state index >= 15 is 0 Å². The molecule has 3 rings (SSSR count). The van der Waals surface area contributed by atoms with Crippen molar-refractivity contribution in [2.45, 2.75) is 6.92 Å². The van der Waals surface area contributed by atoms with E-state index in [1.165, 1.54) is 5.39 Å². The number of hydrogen-bond acceptors (Lipinski definition) is 3. The van der Waals surface area contributed by atoms with Crippen molar-refractivity contribution in [1.82, 2.24) is 15.1 Å². The van der Waals surface area contributed by atoms with Crippen LogP contribution in [0.4, 0.5) is 5.82 Å². The lowest BCUT2D eigenvalue weighted by molar-refractivity contribution is 0.270. The van der Waals surface area contributed by atoms with E-state index in [-0.39, 0.29) is 0 Å². The van der Waals surface area contributed by atoms with Crippen molar-refractivity contribution in [3.8, 4) is 0 Å². The Hall–Kier alpha value is -1.55. The molecule has 0 radical (unpaired) electrons. The lowest BCUT2D eigenvalue weighted by atomic mass is 10.2. The van der Waals surface area contributed by atoms with E-state index < -0.39 is 0 Å². The highest BCUT2D eigenvalue weighted by Gasteiger charge is 2.19. The molecule has 1 aliphatic rings. The van der Waals surface area contributed by atoms with Gasteiger partial charge in [-0.2, -0.15) is 5.10 Å². The minimum absolute atomic E-state index is 1.07. The summed E-state index contributed by atoms with van der Waals surface area (Å²) in [6, 6.07) is 8.33. The zero-order chi connectivity index (χ0) is 11.7. The molecule has 2 heterocycles. The van der Waals surface area contributed by atoms with E-state index in [4.69, 9.17) is 0 Å². The van der Waals surface area contributed by atoms with E-state index in [9.17, 15) is 0 Å². The van der Waals surface area contributed by atoms with Crippen LogP contribution >= 0.6 is 0 Å². The first-order valence-corrected chi connectivity index (χ1v) is 6.29. The fourth-order valence-electron chi connectivity index (χ4n) is 2.47. The summed E-state index contributed by atoms with van der Waals surface area (Å²) >= 11 is 0. The van der Waals surface area contributed by atoms with Crippen molar-refractivity contribution in [3.05, 3.63) is 24.3 Å². The summed E-state index contributed by atoms with van der Waals surface area (Å²) in [5.41, 5.74) is 1.13. The third-order valence-corrected chi connectivity index (χ3v) is 3.57. The molecule has 0 saturated carbocycles. The van der Waals surface area contributed by atoms with Crippen LogP contribution in [0.25, 0.3) is 10.9 Å². The summed E-state index contributed by atoms with van der Waals surface area (Å²) in [5.74, 6) is 1.11. The standard InChI is InChI=1S/C13H18N4/c1-2-16-7-9-17(10-8-16)13-11-5-3-4-6-12(11)14-15-13/h3-6H,2,7-10H2,1H3,(H,14,15). The molecule has 4 nitrogen and oxygen atoms in total. The number of para-hydroxylation sites is 1. The van der Waals surface area contributed by atoms with E-state index in [1.807, 2.05) is 6.07 Å². The quantitative estimate of drug-likeness (QED) is 0.853. The molecule has 1 aliphatic heterocycles. The zero-order valence-electron chi connectivity index (χ0n) is 10.2. The third kappa shape index (κ3) is 1.89. The minimum atomic E-state index is 1.07. The van der Waals surface area contributed by atoms with Gasteiger partial charge >= 0.3 is 0 Å². The fraction of sp³-hybridized carbons (Fsp3) is 0.462. The number of nitrogens with one attached hydrogen (secondary N) is 1. The maximum Gasteiger partial charge on any atom is 0.158 e. The zero-order valence-corrected chi connectivity index (χ0v) is 10.2. The average molecular weight is 230 g/mol. The van der Waals surface area contributed by atoms with E-state index in [0.29, 0.717) is 0 Å². The number of rotatable bonds is 2. The Morgan fingerprint density at radius 2 is 1.94 bits per heavy atom. The molecule has 0 aliphatic carbocycles. The van der Waals surface area contributed by atoms with Gasteiger partial charge in [-0.15, -0.1) is 0 Å². The van der Waals surface area contributed by atoms with Crippen LogP contribution in [0.5, 0.6) is 0 Å². The van der Waals surface area contributed by atoms with Crippen molar-refractivity contribution in [1.29, 1.82) is 0 Å². The van der Waals surface area contributed by atoms with Gasteiger partial charge in [0.05, 0.1) is 5.52 Å². The van der Waals surface area contributed by atoms with Crippen molar-refractivity contribution < 1.29 is 0 Å². The van der Waals surface area contributed by atoms with E-state index in [1.54, 1.807) is 0 Å². The predicted octanol–water partition coefficient (Wildman–Crippen LogP) is 1.70. The fourth-order valence-corrected chi connectivity index (χ4v) is 2.47. The molecule has 0 spiro atoms. The molecule has 90 valence electrons. The van der Waals surface area contributed by atoms with Gasteiger partial charge in [-0.1, -0.05) is 19.1 Å². The number of likely N-dealkylation sites (N-methyl/N-ethyl adjacent to an activating group) is 1. The van der Waals surface area contributed by atoms with Gasteiger partial charge in [0, 0.05) is 31.6 Å². The Balaban J connectivity index is 1.85. The lowest BCUT2D eigenvalue weighted by Gasteiger charge is -2.34. The Labute approximate surface area is 101 Å². The smallest absolute Gasteiger partial charge is 0.158 e. The first-order valence-electron chi connectivity index (χ1n) is 6.29. The van der Waals surface area contributed by atoms with Gasteiger partial charge in [0.2, 0.25) is 0 Å².